The summed E-state index contributed by atoms with van der Waals surface area (Å²) in [5.41, 5.74) is 2.32. The molecular weight excluding hydrogens is 386 g/mol. The van der Waals surface area contributed by atoms with Crippen molar-refractivity contribution in [1.29, 1.82) is 0 Å². The molecule has 2 aliphatic heterocycles. The number of benzene rings is 1. The molecule has 1 aromatic carbocycles. The predicted octanol–water partition coefficient (Wildman–Crippen LogP) is 4.44. The molecule has 166 valence electrons. The van der Waals surface area contributed by atoms with Gasteiger partial charge in [-0.3, -0.25) is 0 Å². The molecule has 7 aliphatic rings. The summed E-state index contributed by atoms with van der Waals surface area (Å²) < 4.78 is 13.9. The van der Waals surface area contributed by atoms with E-state index in [-0.39, 0.29) is 22.3 Å². The summed E-state index contributed by atoms with van der Waals surface area (Å²) in [6.07, 6.45) is 10.8. The first-order valence-electron chi connectivity index (χ1n) is 12.3. The molecule has 1 saturated heterocycles. The molecule has 8 rings (SSSR count). The van der Waals surface area contributed by atoms with E-state index in [0.717, 1.165) is 38.2 Å². The van der Waals surface area contributed by atoms with Crippen LogP contribution in [0.5, 0.6) is 11.5 Å². The number of phenols is 1. The maximum absolute atomic E-state index is 10.9. The Balaban J connectivity index is 1.51. The molecule has 0 unspecified atom stereocenters. The average molecular weight is 422 g/mol. The van der Waals surface area contributed by atoms with Gasteiger partial charge in [-0.15, -0.1) is 0 Å². The number of likely N-dealkylation sites (tertiary alicyclic amines) is 1. The number of ether oxygens (including phenoxy) is 2. The molecule has 4 bridgehead atoms. The number of likely N-dealkylation sites (N-methyl/N-ethyl adjacent to an activating group) is 1. The van der Waals surface area contributed by atoms with Gasteiger partial charge in [0.05, 0.1) is 12.0 Å². The number of phenolic OH excluding ortho intramolecular Hbond substituents is 1. The van der Waals surface area contributed by atoms with E-state index in [0.29, 0.717) is 23.6 Å². The first-order valence-corrected chi connectivity index (χ1v) is 12.3. The lowest BCUT2D eigenvalue weighted by molar-refractivity contribution is -0.241. The zero-order valence-electron chi connectivity index (χ0n) is 19.3. The van der Waals surface area contributed by atoms with Crippen LogP contribution in [0.25, 0.3) is 0 Å². The Labute approximate surface area is 185 Å². The summed E-state index contributed by atoms with van der Waals surface area (Å²) in [6.45, 7) is 9.05. The molecule has 1 N–H and O–H groups in total. The molecule has 4 heteroatoms. The van der Waals surface area contributed by atoms with Crippen molar-refractivity contribution in [2.45, 2.75) is 76.0 Å². The normalized spacial score (nSPS) is 44.3. The molecular formula is C27H35NO3. The molecule has 3 fully saturated rings. The first-order chi connectivity index (χ1) is 14.7. The van der Waals surface area contributed by atoms with Crippen molar-refractivity contribution in [3.05, 3.63) is 35.4 Å². The molecule has 1 aromatic rings. The first kappa shape index (κ1) is 19.0. The highest BCUT2D eigenvalue weighted by molar-refractivity contribution is 5.65. The monoisotopic (exact) mass is 421 g/mol. The highest BCUT2D eigenvalue weighted by Crippen LogP contribution is 2.76. The van der Waals surface area contributed by atoms with Gasteiger partial charge in [-0.05, 0) is 68.7 Å². The van der Waals surface area contributed by atoms with Crippen molar-refractivity contribution >= 4 is 0 Å². The Morgan fingerprint density at radius 3 is 2.77 bits per heavy atom. The van der Waals surface area contributed by atoms with E-state index >= 15 is 0 Å². The molecule has 6 atom stereocenters. The third-order valence-corrected chi connectivity index (χ3v) is 10.0. The Bertz CT molecular complexity index is 1010. The lowest BCUT2D eigenvalue weighted by atomic mass is 9.35. The van der Waals surface area contributed by atoms with Crippen molar-refractivity contribution in [3.63, 3.8) is 0 Å². The average Bonchev–Trinajstić information content (AvgIpc) is 3.48. The lowest BCUT2D eigenvalue weighted by Crippen LogP contribution is -2.80. The van der Waals surface area contributed by atoms with E-state index in [4.69, 9.17) is 9.47 Å². The van der Waals surface area contributed by atoms with Crippen LogP contribution in [0.1, 0.15) is 57.6 Å². The van der Waals surface area contributed by atoms with E-state index in [2.05, 4.69) is 50.9 Å². The molecule has 0 radical (unpaired) electrons. The van der Waals surface area contributed by atoms with Crippen molar-refractivity contribution in [1.82, 2.24) is 4.90 Å². The van der Waals surface area contributed by atoms with Gasteiger partial charge in [0.1, 0.15) is 11.7 Å². The molecule has 2 heterocycles. The van der Waals surface area contributed by atoms with E-state index < -0.39 is 5.60 Å². The van der Waals surface area contributed by atoms with Gasteiger partial charge in [-0.1, -0.05) is 39.0 Å². The smallest absolute Gasteiger partial charge is 0.165 e. The second kappa shape index (κ2) is 5.51. The fraction of sp³-hybridized carbons (Fsp3) is 0.704. The minimum atomic E-state index is -0.427. The molecule has 2 spiro atoms. The molecule has 4 nitrogen and oxygen atoms in total. The quantitative estimate of drug-likeness (QED) is 0.733. The number of aromatic hydroxyl groups is 1. The van der Waals surface area contributed by atoms with E-state index in [1.807, 2.05) is 6.07 Å². The van der Waals surface area contributed by atoms with Crippen molar-refractivity contribution in [3.8, 4) is 11.5 Å². The van der Waals surface area contributed by atoms with Crippen LogP contribution in [0, 0.1) is 22.7 Å². The molecule has 31 heavy (non-hydrogen) atoms. The summed E-state index contributed by atoms with van der Waals surface area (Å²) in [4.78, 5) is 2.60. The van der Waals surface area contributed by atoms with Gasteiger partial charge >= 0.3 is 0 Å². The molecule has 5 aliphatic carbocycles. The minimum absolute atomic E-state index is 0.0410. The summed E-state index contributed by atoms with van der Waals surface area (Å²) in [7, 11) is 2.31. The maximum Gasteiger partial charge on any atom is 0.165 e. The van der Waals surface area contributed by atoms with Crippen LogP contribution in [0.2, 0.25) is 0 Å². The Morgan fingerprint density at radius 1 is 1.23 bits per heavy atom. The van der Waals surface area contributed by atoms with Gasteiger partial charge in [-0.25, -0.2) is 0 Å². The zero-order valence-corrected chi connectivity index (χ0v) is 19.3. The largest absolute Gasteiger partial charge is 0.504 e. The van der Waals surface area contributed by atoms with Crippen molar-refractivity contribution in [2.24, 2.45) is 22.7 Å². The maximum atomic E-state index is 10.9. The molecule has 0 aromatic heterocycles. The minimum Gasteiger partial charge on any atom is -0.504 e. The fourth-order valence-corrected chi connectivity index (χ4v) is 8.49. The number of fused-ring (bicyclic) bond motifs is 1. The van der Waals surface area contributed by atoms with E-state index in [1.54, 1.807) is 0 Å². The molecule has 0 amide bonds. The Hall–Kier alpha value is -1.52. The fourth-order valence-electron chi connectivity index (χ4n) is 8.49. The number of piperidine rings is 1. The second-order valence-electron chi connectivity index (χ2n) is 12.5. The van der Waals surface area contributed by atoms with Gasteiger partial charge < -0.3 is 19.5 Å². The third kappa shape index (κ3) is 2.02. The summed E-state index contributed by atoms with van der Waals surface area (Å²) in [5.74, 6) is 2.15. The number of rotatable bonds is 3. The Morgan fingerprint density at radius 2 is 2.03 bits per heavy atom. The SMILES string of the molecule is CN1CC[C@]23c4c5ccc(O)c4O[C@H]2[C@@]2(OCC4CC4)C=C[C@@]3(C[C@@H]2C(C)(C)C)[C@H]1C5. The van der Waals surface area contributed by atoms with Crippen LogP contribution in [-0.4, -0.2) is 48.0 Å². The molecule has 2 saturated carbocycles. The van der Waals surface area contributed by atoms with Crippen molar-refractivity contribution < 1.29 is 14.6 Å². The van der Waals surface area contributed by atoms with Crippen LogP contribution in [0.3, 0.4) is 0 Å². The van der Waals surface area contributed by atoms with Gasteiger partial charge in [0, 0.05) is 22.9 Å². The number of hydrogen-bond donors (Lipinski definition) is 1. The van der Waals surface area contributed by atoms with E-state index in [9.17, 15) is 5.11 Å². The zero-order chi connectivity index (χ0) is 21.4. The van der Waals surface area contributed by atoms with Crippen LogP contribution < -0.4 is 4.74 Å². The van der Waals surface area contributed by atoms with Gasteiger partial charge in [0.15, 0.2) is 11.5 Å². The number of hydrogen-bond acceptors (Lipinski definition) is 4. The second-order valence-corrected chi connectivity index (χ2v) is 12.5. The topological polar surface area (TPSA) is 41.9 Å². The summed E-state index contributed by atoms with van der Waals surface area (Å²) >= 11 is 0. The summed E-state index contributed by atoms with van der Waals surface area (Å²) in [5, 5.41) is 10.9. The van der Waals surface area contributed by atoms with Gasteiger partial charge in [0.2, 0.25) is 0 Å². The highest BCUT2D eigenvalue weighted by atomic mass is 16.6. The van der Waals surface area contributed by atoms with Gasteiger partial charge in [-0.2, -0.15) is 0 Å². The third-order valence-electron chi connectivity index (χ3n) is 10.0. The van der Waals surface area contributed by atoms with Gasteiger partial charge in [0.25, 0.3) is 0 Å². The van der Waals surface area contributed by atoms with Crippen molar-refractivity contribution in [2.75, 3.05) is 20.2 Å². The van der Waals surface area contributed by atoms with Crippen LogP contribution in [-0.2, 0) is 16.6 Å². The highest BCUT2D eigenvalue weighted by Gasteiger charge is 2.79. The standard InChI is InChI=1S/C27H35NO3/c1-24(2,3)19-14-25-9-10-27(19,30-15-16-5-6-16)23-26(25)11-12-28(4)20(25)13-17-7-8-18(29)22(31-23)21(17)26/h7-10,16,19-20,23,29H,5-6,11-15H2,1-4H3/t19-,20-,23-,25-,26+,27-/m1/s1. The van der Waals surface area contributed by atoms with Crippen LogP contribution in [0.15, 0.2) is 24.3 Å². The lowest BCUT2D eigenvalue weighted by Gasteiger charge is -2.72. The van der Waals surface area contributed by atoms with E-state index in [1.165, 1.54) is 24.0 Å². The Kier molecular flexibility index (Phi) is 3.38. The predicted molar refractivity (Wildman–Crippen MR) is 119 cm³/mol. The van der Waals surface area contributed by atoms with Crippen LogP contribution in [0.4, 0.5) is 0 Å². The van der Waals surface area contributed by atoms with Crippen LogP contribution >= 0.6 is 0 Å². The summed E-state index contributed by atoms with van der Waals surface area (Å²) in [6, 6.07) is 4.48. The number of nitrogens with zero attached hydrogens (tertiary/aromatic N) is 1.